The molecule has 7 nitrogen and oxygen atoms in total. The van der Waals surface area contributed by atoms with Crippen molar-refractivity contribution in [1.29, 1.82) is 0 Å². The van der Waals surface area contributed by atoms with Gasteiger partial charge in [0.15, 0.2) is 6.10 Å². The SMILES string of the molecule is CC(=O)O[C@H]1O[C@H](COC(=O)c2ccccc2)C(F)(F)[C@@H]1OC(=O)c1ccccc1. The van der Waals surface area contributed by atoms with Crippen molar-refractivity contribution in [3.8, 4) is 0 Å². The lowest BCUT2D eigenvalue weighted by Gasteiger charge is -2.23. The molecule has 0 spiro atoms. The predicted molar refractivity (Wildman–Crippen MR) is 97.7 cm³/mol. The summed E-state index contributed by atoms with van der Waals surface area (Å²) in [4.78, 5) is 35.6. The van der Waals surface area contributed by atoms with Crippen LogP contribution in [0.4, 0.5) is 8.78 Å². The summed E-state index contributed by atoms with van der Waals surface area (Å²) in [5, 5.41) is 0. The first-order valence-corrected chi connectivity index (χ1v) is 8.97. The molecule has 1 aliphatic heterocycles. The Balaban J connectivity index is 1.73. The molecule has 0 bridgehead atoms. The van der Waals surface area contributed by atoms with Gasteiger partial charge in [-0.2, -0.15) is 8.78 Å². The Bertz CT molecular complexity index is 902. The maximum atomic E-state index is 14.9. The van der Waals surface area contributed by atoms with E-state index in [0.717, 1.165) is 6.92 Å². The molecule has 0 aliphatic carbocycles. The Hall–Kier alpha value is -3.33. The molecule has 3 rings (SSSR count). The second kappa shape index (κ2) is 9.00. The summed E-state index contributed by atoms with van der Waals surface area (Å²) in [7, 11) is 0. The molecule has 0 amide bonds. The van der Waals surface area contributed by atoms with Crippen LogP contribution in [0.25, 0.3) is 0 Å². The molecular formula is C21H18F2O7. The molecule has 1 saturated heterocycles. The van der Waals surface area contributed by atoms with Crippen molar-refractivity contribution in [1.82, 2.24) is 0 Å². The summed E-state index contributed by atoms with van der Waals surface area (Å²) in [6.45, 7) is 0.165. The minimum Gasteiger partial charge on any atom is -0.459 e. The molecule has 0 radical (unpaired) electrons. The van der Waals surface area contributed by atoms with Crippen molar-refractivity contribution in [2.75, 3.05) is 6.61 Å². The number of carbonyl (C=O) groups excluding carboxylic acids is 3. The van der Waals surface area contributed by atoms with Gasteiger partial charge in [0.1, 0.15) is 6.61 Å². The first-order chi connectivity index (χ1) is 14.3. The van der Waals surface area contributed by atoms with Gasteiger partial charge in [0, 0.05) is 6.92 Å². The number of hydrogen-bond acceptors (Lipinski definition) is 7. The van der Waals surface area contributed by atoms with Crippen molar-refractivity contribution in [2.24, 2.45) is 0 Å². The van der Waals surface area contributed by atoms with Crippen molar-refractivity contribution >= 4 is 17.9 Å². The van der Waals surface area contributed by atoms with Crippen molar-refractivity contribution in [2.45, 2.75) is 31.3 Å². The normalized spacial score (nSPS) is 22.2. The van der Waals surface area contributed by atoms with Gasteiger partial charge in [0.2, 0.25) is 12.4 Å². The van der Waals surface area contributed by atoms with E-state index < -0.39 is 48.9 Å². The highest BCUT2D eigenvalue weighted by atomic mass is 19.3. The summed E-state index contributed by atoms with van der Waals surface area (Å²) in [5.74, 6) is -6.56. The maximum Gasteiger partial charge on any atom is 0.338 e. The minimum atomic E-state index is -3.79. The molecule has 1 fully saturated rings. The lowest BCUT2D eigenvalue weighted by Crippen LogP contribution is -2.45. The van der Waals surface area contributed by atoms with Gasteiger partial charge in [0.25, 0.3) is 0 Å². The van der Waals surface area contributed by atoms with Crippen LogP contribution in [0.1, 0.15) is 27.6 Å². The topological polar surface area (TPSA) is 88.1 Å². The molecule has 0 N–H and O–H groups in total. The third kappa shape index (κ3) is 4.80. The van der Waals surface area contributed by atoms with Gasteiger partial charge in [-0.05, 0) is 24.3 Å². The van der Waals surface area contributed by atoms with Gasteiger partial charge in [-0.1, -0.05) is 36.4 Å². The van der Waals surface area contributed by atoms with Crippen molar-refractivity contribution in [3.63, 3.8) is 0 Å². The van der Waals surface area contributed by atoms with Crippen LogP contribution in [0.15, 0.2) is 60.7 Å². The average Bonchev–Trinajstić information content (AvgIpc) is 2.96. The number of ether oxygens (including phenoxy) is 4. The molecule has 0 unspecified atom stereocenters. The molecule has 2 aromatic rings. The van der Waals surface area contributed by atoms with Crippen LogP contribution in [0.3, 0.4) is 0 Å². The molecule has 1 heterocycles. The van der Waals surface area contributed by atoms with Crippen LogP contribution < -0.4 is 0 Å². The third-order valence-corrected chi connectivity index (χ3v) is 4.26. The standard InChI is InChI=1S/C21H18F2O7/c1-13(24)28-20-17(30-19(26)15-10-6-3-7-11-15)21(22,23)16(29-20)12-27-18(25)14-8-4-2-5-9-14/h2-11,16-17,20H,12H2,1H3/t16-,17-,20+/m1/s1. The summed E-state index contributed by atoms with van der Waals surface area (Å²) < 4.78 is 49.5. The second-order valence-corrected chi connectivity index (χ2v) is 6.43. The van der Waals surface area contributed by atoms with Gasteiger partial charge in [-0.15, -0.1) is 0 Å². The first kappa shape index (κ1) is 21.4. The van der Waals surface area contributed by atoms with Gasteiger partial charge in [-0.25, -0.2) is 9.59 Å². The summed E-state index contributed by atoms with van der Waals surface area (Å²) >= 11 is 0. The third-order valence-electron chi connectivity index (χ3n) is 4.26. The lowest BCUT2D eigenvalue weighted by molar-refractivity contribution is -0.188. The van der Waals surface area contributed by atoms with Crippen LogP contribution in [0.5, 0.6) is 0 Å². The van der Waals surface area contributed by atoms with E-state index in [0.29, 0.717) is 0 Å². The van der Waals surface area contributed by atoms with E-state index in [1.165, 1.54) is 36.4 Å². The zero-order chi connectivity index (χ0) is 21.7. The second-order valence-electron chi connectivity index (χ2n) is 6.43. The molecule has 158 valence electrons. The molecule has 30 heavy (non-hydrogen) atoms. The first-order valence-electron chi connectivity index (χ1n) is 8.97. The Kier molecular flexibility index (Phi) is 6.41. The highest BCUT2D eigenvalue weighted by Crippen LogP contribution is 2.39. The monoisotopic (exact) mass is 420 g/mol. The Labute approximate surface area is 170 Å². The molecule has 1 aliphatic rings. The van der Waals surface area contributed by atoms with E-state index in [2.05, 4.69) is 0 Å². The number of carbonyl (C=O) groups is 3. The number of benzene rings is 2. The Morgan fingerprint density at radius 3 is 1.97 bits per heavy atom. The number of esters is 3. The molecular weight excluding hydrogens is 402 g/mol. The van der Waals surface area contributed by atoms with Crippen LogP contribution in [0.2, 0.25) is 0 Å². The number of alkyl halides is 2. The fraction of sp³-hybridized carbons (Fsp3) is 0.286. The maximum absolute atomic E-state index is 14.9. The van der Waals surface area contributed by atoms with E-state index in [1.807, 2.05) is 0 Å². The van der Waals surface area contributed by atoms with E-state index in [-0.39, 0.29) is 11.1 Å². The Morgan fingerprint density at radius 1 is 0.900 bits per heavy atom. The van der Waals surface area contributed by atoms with Gasteiger partial charge >= 0.3 is 23.8 Å². The predicted octanol–water partition coefficient (Wildman–Crippen LogP) is 2.99. The zero-order valence-electron chi connectivity index (χ0n) is 15.8. The molecule has 3 atom stereocenters. The Morgan fingerprint density at radius 2 is 1.43 bits per heavy atom. The number of hydrogen-bond donors (Lipinski definition) is 0. The molecule has 2 aromatic carbocycles. The van der Waals surface area contributed by atoms with Crippen molar-refractivity contribution in [3.05, 3.63) is 71.8 Å². The van der Waals surface area contributed by atoms with Crippen LogP contribution in [-0.4, -0.2) is 48.9 Å². The van der Waals surface area contributed by atoms with E-state index in [1.54, 1.807) is 24.3 Å². The zero-order valence-corrected chi connectivity index (χ0v) is 15.8. The fourth-order valence-electron chi connectivity index (χ4n) is 2.79. The number of rotatable bonds is 6. The largest absolute Gasteiger partial charge is 0.459 e. The van der Waals surface area contributed by atoms with Crippen LogP contribution in [-0.2, 0) is 23.7 Å². The molecule has 0 aromatic heterocycles. The lowest BCUT2D eigenvalue weighted by atomic mass is 10.1. The molecule has 0 saturated carbocycles. The fourth-order valence-corrected chi connectivity index (χ4v) is 2.79. The minimum absolute atomic E-state index is 0.0360. The smallest absolute Gasteiger partial charge is 0.338 e. The van der Waals surface area contributed by atoms with Crippen LogP contribution in [0, 0.1) is 0 Å². The summed E-state index contributed by atoms with van der Waals surface area (Å²) in [5.41, 5.74) is 0.205. The summed E-state index contributed by atoms with van der Waals surface area (Å²) in [6, 6.07) is 15.3. The average molecular weight is 420 g/mol. The van der Waals surface area contributed by atoms with E-state index in [9.17, 15) is 23.2 Å². The van der Waals surface area contributed by atoms with Crippen molar-refractivity contribution < 1.29 is 42.1 Å². The number of halogens is 2. The van der Waals surface area contributed by atoms with E-state index in [4.69, 9.17) is 18.9 Å². The highest BCUT2D eigenvalue weighted by Gasteiger charge is 2.63. The summed E-state index contributed by atoms with van der Waals surface area (Å²) in [6.07, 6.45) is -6.05. The van der Waals surface area contributed by atoms with Gasteiger partial charge in [0.05, 0.1) is 11.1 Å². The van der Waals surface area contributed by atoms with Gasteiger partial charge < -0.3 is 18.9 Å². The van der Waals surface area contributed by atoms with Crippen LogP contribution >= 0.6 is 0 Å². The quantitative estimate of drug-likeness (QED) is 0.524. The van der Waals surface area contributed by atoms with E-state index >= 15 is 0 Å². The van der Waals surface area contributed by atoms with Gasteiger partial charge in [-0.3, -0.25) is 4.79 Å². The highest BCUT2D eigenvalue weighted by molar-refractivity contribution is 5.90. The molecule has 9 heteroatoms.